The van der Waals surface area contributed by atoms with E-state index in [2.05, 4.69) is 14.3 Å². The SMILES string of the molecule is COc1cccc(C(=O)N2CCCN(c3nc(Cc4ccc(F)cc4)ns3)CC2)c1. The van der Waals surface area contributed by atoms with Crippen molar-refractivity contribution in [2.24, 2.45) is 0 Å². The van der Waals surface area contributed by atoms with Crippen molar-refractivity contribution in [1.29, 1.82) is 0 Å². The number of carbonyl (C=O) groups excluding carboxylic acids is 1. The quantitative estimate of drug-likeness (QED) is 0.624. The van der Waals surface area contributed by atoms with Crippen molar-refractivity contribution < 1.29 is 13.9 Å². The number of ether oxygens (including phenoxy) is 1. The molecule has 8 heteroatoms. The largest absolute Gasteiger partial charge is 0.497 e. The fourth-order valence-corrected chi connectivity index (χ4v) is 4.22. The highest BCUT2D eigenvalue weighted by Gasteiger charge is 2.22. The number of anilines is 1. The average molecular weight is 427 g/mol. The summed E-state index contributed by atoms with van der Waals surface area (Å²) in [5.41, 5.74) is 1.62. The van der Waals surface area contributed by atoms with E-state index in [0.717, 1.165) is 29.5 Å². The Morgan fingerprint density at radius 1 is 1.13 bits per heavy atom. The van der Waals surface area contributed by atoms with Crippen LogP contribution in [-0.4, -0.2) is 53.5 Å². The number of rotatable bonds is 5. The topological polar surface area (TPSA) is 58.6 Å². The summed E-state index contributed by atoms with van der Waals surface area (Å²) in [6.45, 7) is 2.87. The van der Waals surface area contributed by atoms with E-state index in [1.54, 1.807) is 25.3 Å². The van der Waals surface area contributed by atoms with Gasteiger partial charge in [-0.1, -0.05) is 18.2 Å². The summed E-state index contributed by atoms with van der Waals surface area (Å²) in [6.07, 6.45) is 1.44. The molecule has 1 amide bonds. The maximum Gasteiger partial charge on any atom is 0.254 e. The van der Waals surface area contributed by atoms with Crippen molar-refractivity contribution in [2.75, 3.05) is 38.2 Å². The molecule has 2 heterocycles. The average Bonchev–Trinajstić information content (AvgIpc) is 3.09. The zero-order valence-corrected chi connectivity index (χ0v) is 17.6. The summed E-state index contributed by atoms with van der Waals surface area (Å²) in [4.78, 5) is 21.6. The highest BCUT2D eigenvalue weighted by atomic mass is 32.1. The number of carbonyl (C=O) groups is 1. The molecule has 0 radical (unpaired) electrons. The van der Waals surface area contributed by atoms with Crippen LogP contribution in [-0.2, 0) is 6.42 Å². The molecule has 2 aromatic carbocycles. The molecular formula is C22H23FN4O2S. The fourth-order valence-electron chi connectivity index (χ4n) is 3.48. The summed E-state index contributed by atoms with van der Waals surface area (Å²) in [5.74, 6) is 1.18. The van der Waals surface area contributed by atoms with Gasteiger partial charge in [0.05, 0.1) is 7.11 Å². The standard InChI is InChI=1S/C22H23FN4O2S/c1-29-19-5-2-4-17(15-19)21(28)26-10-3-11-27(13-12-26)22-24-20(25-30-22)14-16-6-8-18(23)9-7-16/h2,4-9,15H,3,10-14H2,1H3. The molecule has 30 heavy (non-hydrogen) atoms. The molecular weight excluding hydrogens is 403 g/mol. The Morgan fingerprint density at radius 3 is 2.77 bits per heavy atom. The Morgan fingerprint density at radius 2 is 1.97 bits per heavy atom. The number of hydrogen-bond acceptors (Lipinski definition) is 6. The molecule has 3 aromatic rings. The molecule has 1 aliphatic rings. The Labute approximate surface area is 179 Å². The number of aromatic nitrogens is 2. The maximum atomic E-state index is 13.1. The van der Waals surface area contributed by atoms with Gasteiger partial charge in [0.1, 0.15) is 17.4 Å². The number of nitrogens with zero attached hydrogens (tertiary/aromatic N) is 4. The highest BCUT2D eigenvalue weighted by Crippen LogP contribution is 2.22. The van der Waals surface area contributed by atoms with Crippen molar-refractivity contribution >= 4 is 22.6 Å². The van der Waals surface area contributed by atoms with Crippen LogP contribution in [0.1, 0.15) is 28.2 Å². The van der Waals surface area contributed by atoms with Crippen molar-refractivity contribution in [1.82, 2.24) is 14.3 Å². The predicted molar refractivity (Wildman–Crippen MR) is 115 cm³/mol. The van der Waals surface area contributed by atoms with E-state index in [1.165, 1.54) is 23.7 Å². The summed E-state index contributed by atoms with van der Waals surface area (Å²) < 4.78 is 22.8. The molecule has 156 valence electrons. The van der Waals surface area contributed by atoms with Gasteiger partial charge in [-0.25, -0.2) is 9.37 Å². The van der Waals surface area contributed by atoms with Gasteiger partial charge in [-0.15, -0.1) is 0 Å². The fraction of sp³-hybridized carbons (Fsp3) is 0.318. The zero-order chi connectivity index (χ0) is 20.9. The molecule has 1 fully saturated rings. The molecule has 0 N–H and O–H groups in total. The lowest BCUT2D eigenvalue weighted by atomic mass is 10.1. The van der Waals surface area contributed by atoms with E-state index in [0.29, 0.717) is 37.4 Å². The third kappa shape index (κ3) is 4.76. The molecule has 0 atom stereocenters. The number of amides is 1. The monoisotopic (exact) mass is 426 g/mol. The van der Waals surface area contributed by atoms with Crippen molar-refractivity contribution in [3.63, 3.8) is 0 Å². The van der Waals surface area contributed by atoms with Gasteiger partial charge in [-0.3, -0.25) is 4.79 Å². The van der Waals surface area contributed by atoms with Crippen LogP contribution in [0.3, 0.4) is 0 Å². The molecule has 4 rings (SSSR count). The van der Waals surface area contributed by atoms with Crippen molar-refractivity contribution in [3.05, 3.63) is 71.3 Å². The van der Waals surface area contributed by atoms with E-state index in [4.69, 9.17) is 4.74 Å². The summed E-state index contributed by atoms with van der Waals surface area (Å²) in [6, 6.07) is 13.7. The van der Waals surface area contributed by atoms with E-state index in [9.17, 15) is 9.18 Å². The summed E-state index contributed by atoms with van der Waals surface area (Å²) >= 11 is 1.37. The lowest BCUT2D eigenvalue weighted by Crippen LogP contribution is -2.35. The first-order valence-electron chi connectivity index (χ1n) is 9.87. The second-order valence-electron chi connectivity index (χ2n) is 7.16. The number of methoxy groups -OCH3 is 1. The first-order chi connectivity index (χ1) is 14.6. The smallest absolute Gasteiger partial charge is 0.254 e. The van der Waals surface area contributed by atoms with Gasteiger partial charge in [0.15, 0.2) is 0 Å². The second-order valence-corrected chi connectivity index (χ2v) is 7.89. The number of hydrogen-bond donors (Lipinski definition) is 0. The molecule has 0 spiro atoms. The molecule has 1 aliphatic heterocycles. The van der Waals surface area contributed by atoms with Crippen LogP contribution in [0.5, 0.6) is 5.75 Å². The van der Waals surface area contributed by atoms with Gasteiger partial charge in [-0.2, -0.15) is 4.37 Å². The maximum absolute atomic E-state index is 13.1. The van der Waals surface area contributed by atoms with Crippen LogP contribution in [0.15, 0.2) is 48.5 Å². The minimum absolute atomic E-state index is 0.0185. The normalized spacial score (nSPS) is 14.5. The molecule has 0 saturated carbocycles. The van der Waals surface area contributed by atoms with Crippen molar-refractivity contribution in [3.8, 4) is 5.75 Å². The lowest BCUT2D eigenvalue weighted by molar-refractivity contribution is 0.0766. The van der Waals surface area contributed by atoms with Gasteiger partial charge < -0.3 is 14.5 Å². The van der Waals surface area contributed by atoms with E-state index in [1.807, 2.05) is 23.1 Å². The minimum Gasteiger partial charge on any atom is -0.497 e. The molecule has 0 unspecified atom stereocenters. The summed E-state index contributed by atoms with van der Waals surface area (Å²) in [7, 11) is 1.60. The van der Waals surface area contributed by atoms with Crippen LogP contribution in [0.2, 0.25) is 0 Å². The molecule has 6 nitrogen and oxygen atoms in total. The molecule has 0 aliphatic carbocycles. The van der Waals surface area contributed by atoms with Gasteiger partial charge in [0.25, 0.3) is 5.91 Å². The zero-order valence-electron chi connectivity index (χ0n) is 16.8. The highest BCUT2D eigenvalue weighted by molar-refractivity contribution is 7.09. The Balaban J connectivity index is 1.39. The Kier molecular flexibility index (Phi) is 6.23. The van der Waals surface area contributed by atoms with E-state index < -0.39 is 0 Å². The van der Waals surface area contributed by atoms with E-state index >= 15 is 0 Å². The third-order valence-corrected chi connectivity index (χ3v) is 5.92. The van der Waals surface area contributed by atoms with Crippen LogP contribution >= 0.6 is 11.5 Å². The second kappa shape index (κ2) is 9.21. The Hall–Kier alpha value is -3.00. The van der Waals surface area contributed by atoms with Gasteiger partial charge in [-0.05, 0) is 42.3 Å². The van der Waals surface area contributed by atoms with Crippen molar-refractivity contribution in [2.45, 2.75) is 12.8 Å². The molecule has 1 saturated heterocycles. The van der Waals surface area contributed by atoms with Crippen LogP contribution in [0.25, 0.3) is 0 Å². The molecule has 0 bridgehead atoms. The number of halogens is 1. The van der Waals surface area contributed by atoms with Crippen LogP contribution in [0, 0.1) is 5.82 Å². The predicted octanol–water partition coefficient (Wildman–Crippen LogP) is 3.63. The van der Waals surface area contributed by atoms with E-state index in [-0.39, 0.29) is 11.7 Å². The lowest BCUT2D eigenvalue weighted by Gasteiger charge is -2.21. The minimum atomic E-state index is -0.247. The van der Waals surface area contributed by atoms with Crippen LogP contribution in [0.4, 0.5) is 9.52 Å². The van der Waals surface area contributed by atoms with Crippen LogP contribution < -0.4 is 9.64 Å². The number of benzene rings is 2. The third-order valence-electron chi connectivity index (χ3n) is 5.10. The molecule has 1 aromatic heterocycles. The van der Waals surface area contributed by atoms with Gasteiger partial charge in [0, 0.05) is 49.7 Å². The first-order valence-corrected chi connectivity index (χ1v) is 10.6. The summed E-state index contributed by atoms with van der Waals surface area (Å²) in [5, 5.41) is 0.864. The first kappa shape index (κ1) is 20.3. The Bertz CT molecular complexity index is 1010. The van der Waals surface area contributed by atoms with Gasteiger partial charge in [0.2, 0.25) is 5.13 Å². The van der Waals surface area contributed by atoms with Gasteiger partial charge >= 0.3 is 0 Å².